The topological polar surface area (TPSA) is 57.6 Å². The first-order valence-corrected chi connectivity index (χ1v) is 6.59. The summed E-state index contributed by atoms with van der Waals surface area (Å²) in [6.45, 7) is 5.84. The quantitative estimate of drug-likeness (QED) is 0.872. The fourth-order valence-corrected chi connectivity index (χ4v) is 1.89. The number of benzene rings is 1. The number of hydrogen-bond donors (Lipinski definition) is 1. The van der Waals surface area contributed by atoms with Crippen LogP contribution in [-0.4, -0.2) is 35.0 Å². The Morgan fingerprint density at radius 3 is 2.30 bits per heavy atom. The number of halogens is 1. The number of amides is 1. The van der Waals surface area contributed by atoms with E-state index in [2.05, 4.69) is 0 Å². The number of carboxylic acids is 1. The van der Waals surface area contributed by atoms with Gasteiger partial charge in [-0.1, -0.05) is 32.9 Å². The molecule has 0 saturated heterocycles. The smallest absolute Gasteiger partial charge is 0.308 e. The Morgan fingerprint density at radius 1 is 1.20 bits per heavy atom. The fraction of sp³-hybridized carbons (Fsp3) is 0.467. The van der Waals surface area contributed by atoms with E-state index in [4.69, 9.17) is 5.11 Å². The molecule has 1 N–H and O–H groups in total. The third kappa shape index (κ3) is 4.33. The van der Waals surface area contributed by atoms with Crippen molar-refractivity contribution in [1.82, 2.24) is 4.90 Å². The zero-order chi connectivity index (χ0) is 15.3. The molecule has 1 atom stereocenters. The zero-order valence-electron chi connectivity index (χ0n) is 12.0. The Kier molecular flexibility index (Phi) is 5.67. The van der Waals surface area contributed by atoms with Gasteiger partial charge in [-0.15, -0.1) is 0 Å². The molecule has 0 radical (unpaired) electrons. The van der Waals surface area contributed by atoms with Crippen molar-refractivity contribution in [3.05, 3.63) is 35.6 Å². The van der Waals surface area contributed by atoms with Crippen LogP contribution >= 0.6 is 0 Å². The molecule has 0 spiro atoms. The second-order valence-corrected chi connectivity index (χ2v) is 5.32. The van der Waals surface area contributed by atoms with E-state index >= 15 is 0 Å². The standard InChI is InChI=1S/C15H20FNO3/c1-10(2)8-17(9-11(3)15(19)20)14(18)12-6-4-5-7-13(12)16/h4-7,10-11H,8-9H2,1-3H3,(H,19,20). The number of rotatable bonds is 6. The highest BCUT2D eigenvalue weighted by Crippen LogP contribution is 2.13. The van der Waals surface area contributed by atoms with Gasteiger partial charge in [-0.05, 0) is 18.1 Å². The van der Waals surface area contributed by atoms with Gasteiger partial charge in [-0.25, -0.2) is 4.39 Å². The van der Waals surface area contributed by atoms with Crippen LogP contribution in [0.1, 0.15) is 31.1 Å². The lowest BCUT2D eigenvalue weighted by molar-refractivity contribution is -0.141. The average molecular weight is 281 g/mol. The number of carbonyl (C=O) groups excluding carboxylic acids is 1. The van der Waals surface area contributed by atoms with Gasteiger partial charge in [-0.2, -0.15) is 0 Å². The van der Waals surface area contributed by atoms with Crippen molar-refractivity contribution in [3.8, 4) is 0 Å². The van der Waals surface area contributed by atoms with Crippen LogP contribution in [0.3, 0.4) is 0 Å². The van der Waals surface area contributed by atoms with E-state index in [1.807, 2.05) is 13.8 Å². The minimum absolute atomic E-state index is 0.0225. The predicted molar refractivity (Wildman–Crippen MR) is 73.9 cm³/mol. The predicted octanol–water partition coefficient (Wildman–Crippen LogP) is 2.64. The van der Waals surface area contributed by atoms with Crippen molar-refractivity contribution >= 4 is 11.9 Å². The first-order valence-electron chi connectivity index (χ1n) is 6.59. The van der Waals surface area contributed by atoms with Crippen LogP contribution in [0.25, 0.3) is 0 Å². The molecule has 0 saturated carbocycles. The van der Waals surface area contributed by atoms with Crippen molar-refractivity contribution in [2.75, 3.05) is 13.1 Å². The number of carbonyl (C=O) groups is 2. The van der Waals surface area contributed by atoms with Gasteiger partial charge in [0.2, 0.25) is 0 Å². The summed E-state index contributed by atoms with van der Waals surface area (Å²) >= 11 is 0. The van der Waals surface area contributed by atoms with Crippen molar-refractivity contribution in [3.63, 3.8) is 0 Å². The highest BCUT2D eigenvalue weighted by molar-refractivity contribution is 5.94. The summed E-state index contributed by atoms with van der Waals surface area (Å²) in [5.74, 6) is -2.55. The van der Waals surface area contributed by atoms with Gasteiger partial charge in [0.1, 0.15) is 5.82 Å². The number of hydrogen-bond acceptors (Lipinski definition) is 2. The molecule has 20 heavy (non-hydrogen) atoms. The number of carboxylic acid groups (broad SMARTS) is 1. The second kappa shape index (κ2) is 7.03. The maximum absolute atomic E-state index is 13.7. The van der Waals surface area contributed by atoms with Gasteiger partial charge < -0.3 is 10.0 Å². The molecular formula is C15H20FNO3. The second-order valence-electron chi connectivity index (χ2n) is 5.32. The van der Waals surface area contributed by atoms with E-state index in [-0.39, 0.29) is 18.0 Å². The van der Waals surface area contributed by atoms with Crippen molar-refractivity contribution in [2.45, 2.75) is 20.8 Å². The molecule has 5 heteroatoms. The molecule has 1 aromatic rings. The Balaban J connectivity index is 2.95. The minimum atomic E-state index is -0.972. The molecule has 110 valence electrons. The van der Waals surface area contributed by atoms with Crippen LogP contribution in [0.15, 0.2) is 24.3 Å². The molecule has 1 amide bonds. The molecule has 0 aromatic heterocycles. The molecule has 4 nitrogen and oxygen atoms in total. The summed E-state index contributed by atoms with van der Waals surface area (Å²) in [6, 6.07) is 5.74. The monoisotopic (exact) mass is 281 g/mol. The van der Waals surface area contributed by atoms with E-state index in [9.17, 15) is 14.0 Å². The molecule has 0 aliphatic rings. The maximum Gasteiger partial charge on any atom is 0.308 e. The van der Waals surface area contributed by atoms with Crippen LogP contribution in [0.2, 0.25) is 0 Å². The van der Waals surface area contributed by atoms with Crippen LogP contribution in [0.5, 0.6) is 0 Å². The van der Waals surface area contributed by atoms with E-state index in [0.29, 0.717) is 6.54 Å². The normalized spacial score (nSPS) is 12.2. The van der Waals surface area contributed by atoms with Crippen LogP contribution < -0.4 is 0 Å². The Morgan fingerprint density at radius 2 is 1.80 bits per heavy atom. The third-order valence-corrected chi connectivity index (χ3v) is 2.89. The first-order chi connectivity index (χ1) is 9.32. The summed E-state index contributed by atoms with van der Waals surface area (Å²) in [5, 5.41) is 8.96. The largest absolute Gasteiger partial charge is 0.481 e. The van der Waals surface area contributed by atoms with Crippen LogP contribution in [0, 0.1) is 17.7 Å². The molecule has 0 heterocycles. The summed E-state index contributed by atoms with van der Waals surface area (Å²) in [6.07, 6.45) is 0. The minimum Gasteiger partial charge on any atom is -0.481 e. The van der Waals surface area contributed by atoms with Gasteiger partial charge in [0, 0.05) is 13.1 Å². The third-order valence-electron chi connectivity index (χ3n) is 2.89. The fourth-order valence-electron chi connectivity index (χ4n) is 1.89. The number of nitrogens with zero attached hydrogens (tertiary/aromatic N) is 1. The van der Waals surface area contributed by atoms with Crippen LogP contribution in [-0.2, 0) is 4.79 Å². The van der Waals surface area contributed by atoms with E-state index in [0.717, 1.165) is 0 Å². The van der Waals surface area contributed by atoms with Gasteiger partial charge in [0.05, 0.1) is 11.5 Å². The first kappa shape index (κ1) is 16.1. The average Bonchev–Trinajstić information content (AvgIpc) is 2.37. The molecule has 1 rings (SSSR count). The highest BCUT2D eigenvalue weighted by atomic mass is 19.1. The van der Waals surface area contributed by atoms with Gasteiger partial charge in [0.15, 0.2) is 0 Å². The van der Waals surface area contributed by atoms with Gasteiger partial charge >= 0.3 is 5.97 Å². The van der Waals surface area contributed by atoms with Crippen molar-refractivity contribution < 1.29 is 19.1 Å². The van der Waals surface area contributed by atoms with Crippen molar-refractivity contribution in [1.29, 1.82) is 0 Å². The summed E-state index contributed by atoms with van der Waals surface area (Å²) in [5.41, 5.74) is -0.0225. The molecular weight excluding hydrogens is 261 g/mol. The summed E-state index contributed by atoms with van der Waals surface area (Å²) in [4.78, 5) is 24.7. The van der Waals surface area contributed by atoms with Gasteiger partial charge in [0.25, 0.3) is 5.91 Å². The van der Waals surface area contributed by atoms with Crippen LogP contribution in [0.4, 0.5) is 4.39 Å². The Hall–Kier alpha value is -1.91. The van der Waals surface area contributed by atoms with Gasteiger partial charge in [-0.3, -0.25) is 9.59 Å². The summed E-state index contributed by atoms with van der Waals surface area (Å²) < 4.78 is 13.7. The molecule has 1 unspecified atom stereocenters. The van der Waals surface area contributed by atoms with E-state index in [1.54, 1.807) is 6.07 Å². The molecule has 0 aliphatic carbocycles. The molecule has 0 aliphatic heterocycles. The Bertz CT molecular complexity index is 488. The SMILES string of the molecule is CC(C)CN(CC(C)C(=O)O)C(=O)c1ccccc1F. The number of aliphatic carboxylic acids is 1. The lowest BCUT2D eigenvalue weighted by atomic mass is 10.1. The van der Waals surface area contributed by atoms with E-state index < -0.39 is 23.6 Å². The zero-order valence-corrected chi connectivity index (χ0v) is 12.0. The maximum atomic E-state index is 13.7. The highest BCUT2D eigenvalue weighted by Gasteiger charge is 2.23. The summed E-state index contributed by atoms with van der Waals surface area (Å²) in [7, 11) is 0. The molecule has 0 bridgehead atoms. The molecule has 1 aromatic carbocycles. The Labute approximate surface area is 118 Å². The van der Waals surface area contributed by atoms with Crippen molar-refractivity contribution in [2.24, 2.45) is 11.8 Å². The molecule has 0 fully saturated rings. The van der Waals surface area contributed by atoms with E-state index in [1.165, 1.54) is 30.0 Å². The lowest BCUT2D eigenvalue weighted by Crippen LogP contribution is -2.39. The lowest BCUT2D eigenvalue weighted by Gasteiger charge is -2.26.